The molecule has 0 N–H and O–H groups in total. The third-order valence-electron chi connectivity index (χ3n) is 3.96. The van der Waals surface area contributed by atoms with Gasteiger partial charge in [0.15, 0.2) is 14.1 Å². The Labute approximate surface area is 112 Å². The van der Waals surface area contributed by atoms with Gasteiger partial charge in [0, 0.05) is 6.42 Å². The van der Waals surface area contributed by atoms with Gasteiger partial charge in [-0.1, -0.05) is 26.8 Å². The predicted molar refractivity (Wildman–Crippen MR) is 76.2 cm³/mol. The minimum Gasteiger partial charge on any atom is -0.404 e. The Hall–Kier alpha value is -0.453. The molecule has 1 aliphatic rings. The van der Waals surface area contributed by atoms with Crippen molar-refractivity contribution >= 4 is 14.1 Å². The van der Waals surface area contributed by atoms with E-state index in [4.69, 9.17) is 9.16 Å². The maximum atomic E-state index is 12.1. The molecule has 4 heteroatoms. The summed E-state index contributed by atoms with van der Waals surface area (Å²) in [6.45, 7) is 15.1. The van der Waals surface area contributed by atoms with Crippen molar-refractivity contribution in [1.82, 2.24) is 0 Å². The summed E-state index contributed by atoms with van der Waals surface area (Å²) in [5, 5.41) is 0.101. The Morgan fingerprint density at radius 2 is 2.11 bits per heavy atom. The van der Waals surface area contributed by atoms with Crippen molar-refractivity contribution in [3.63, 3.8) is 0 Å². The van der Waals surface area contributed by atoms with Gasteiger partial charge in [-0.05, 0) is 24.6 Å². The first kappa shape index (κ1) is 15.6. The minimum atomic E-state index is -1.94. The second-order valence-electron chi connectivity index (χ2n) is 6.45. The summed E-state index contributed by atoms with van der Waals surface area (Å²) in [7, 11) is -1.94. The average Bonchev–Trinajstić information content (AvgIpc) is 2.22. The highest BCUT2D eigenvalue weighted by Gasteiger charge is 2.43. The van der Waals surface area contributed by atoms with Gasteiger partial charge >= 0.3 is 0 Å². The number of carbonyl (C=O) groups is 1. The number of hydrogen-bond donors (Lipinski definition) is 0. The number of ketones is 1. The van der Waals surface area contributed by atoms with Crippen molar-refractivity contribution in [3.8, 4) is 0 Å². The molecule has 1 rings (SSSR count). The Balaban J connectivity index is 2.83. The summed E-state index contributed by atoms with van der Waals surface area (Å²) in [4.78, 5) is 12.1. The van der Waals surface area contributed by atoms with E-state index in [-0.39, 0.29) is 16.9 Å². The third kappa shape index (κ3) is 3.53. The van der Waals surface area contributed by atoms with E-state index in [1.165, 1.54) is 0 Å². The topological polar surface area (TPSA) is 35.5 Å². The van der Waals surface area contributed by atoms with E-state index >= 15 is 0 Å². The zero-order valence-electron chi connectivity index (χ0n) is 12.3. The number of rotatable bonds is 4. The second-order valence-corrected chi connectivity index (χ2v) is 11.2. The molecule has 3 nitrogen and oxygen atoms in total. The fourth-order valence-electron chi connectivity index (χ4n) is 1.74. The lowest BCUT2D eigenvalue weighted by atomic mass is 10.0. The Morgan fingerprint density at radius 3 is 2.61 bits per heavy atom. The van der Waals surface area contributed by atoms with E-state index in [0.717, 1.165) is 0 Å². The molecule has 1 fully saturated rings. The van der Waals surface area contributed by atoms with Gasteiger partial charge in [0.25, 0.3) is 0 Å². The van der Waals surface area contributed by atoms with Crippen LogP contribution in [0.5, 0.6) is 0 Å². The van der Waals surface area contributed by atoms with Crippen molar-refractivity contribution in [2.75, 3.05) is 6.61 Å². The van der Waals surface area contributed by atoms with Crippen LogP contribution in [0.1, 0.15) is 33.6 Å². The monoisotopic (exact) mass is 270 g/mol. The molecule has 0 saturated carbocycles. The van der Waals surface area contributed by atoms with Gasteiger partial charge in [-0.15, -0.1) is 6.58 Å². The van der Waals surface area contributed by atoms with Crippen LogP contribution in [0.15, 0.2) is 12.7 Å². The zero-order valence-corrected chi connectivity index (χ0v) is 13.3. The number of ether oxygens (including phenoxy) is 1. The molecule has 2 atom stereocenters. The SMILES string of the molecule is C=CC[C@@H]1OCCC(=O)[C@@H]1O[Si](C)(C)C(C)(C)C. The molecule has 0 unspecified atom stereocenters. The molecule has 0 amide bonds. The number of Topliss-reactive ketones (excluding diaryl/α,β-unsaturated/α-hetero) is 1. The van der Waals surface area contributed by atoms with Crippen molar-refractivity contribution in [1.29, 1.82) is 0 Å². The smallest absolute Gasteiger partial charge is 0.193 e. The molecule has 0 aromatic rings. The lowest BCUT2D eigenvalue weighted by Crippen LogP contribution is -2.52. The minimum absolute atomic E-state index is 0.101. The van der Waals surface area contributed by atoms with Gasteiger partial charge in [0.1, 0.15) is 6.10 Å². The average molecular weight is 270 g/mol. The van der Waals surface area contributed by atoms with Crippen molar-refractivity contribution in [3.05, 3.63) is 12.7 Å². The lowest BCUT2D eigenvalue weighted by Gasteiger charge is -2.42. The molecule has 1 heterocycles. The van der Waals surface area contributed by atoms with E-state index in [2.05, 4.69) is 40.4 Å². The molecule has 0 bridgehead atoms. The first-order chi connectivity index (χ1) is 8.19. The Kier molecular flexibility index (Phi) is 4.92. The summed E-state index contributed by atoms with van der Waals surface area (Å²) in [5.74, 6) is 0.179. The fourth-order valence-corrected chi connectivity index (χ4v) is 3.01. The van der Waals surface area contributed by atoms with Crippen molar-refractivity contribution in [2.45, 2.75) is 64.0 Å². The number of carbonyl (C=O) groups excluding carboxylic acids is 1. The van der Waals surface area contributed by atoms with Crippen molar-refractivity contribution in [2.24, 2.45) is 0 Å². The maximum absolute atomic E-state index is 12.1. The summed E-state index contributed by atoms with van der Waals surface area (Å²) in [6.07, 6.45) is 2.37. The van der Waals surface area contributed by atoms with E-state index in [1.807, 2.05) is 0 Å². The van der Waals surface area contributed by atoms with Crippen LogP contribution in [0.3, 0.4) is 0 Å². The van der Waals surface area contributed by atoms with Crippen LogP contribution in [0.2, 0.25) is 18.1 Å². The molecule has 104 valence electrons. The number of hydrogen-bond acceptors (Lipinski definition) is 3. The van der Waals surface area contributed by atoms with Gasteiger partial charge in [-0.2, -0.15) is 0 Å². The normalized spacial score (nSPS) is 26.2. The van der Waals surface area contributed by atoms with E-state index < -0.39 is 14.4 Å². The first-order valence-electron chi connectivity index (χ1n) is 6.62. The highest BCUT2D eigenvalue weighted by molar-refractivity contribution is 6.74. The maximum Gasteiger partial charge on any atom is 0.193 e. The highest BCUT2D eigenvalue weighted by Crippen LogP contribution is 2.38. The Bertz CT molecular complexity index is 317. The molecule has 18 heavy (non-hydrogen) atoms. The second kappa shape index (κ2) is 5.68. The molecule has 1 aliphatic heterocycles. The summed E-state index contributed by atoms with van der Waals surface area (Å²) >= 11 is 0. The molecule has 0 radical (unpaired) electrons. The molecule has 1 saturated heterocycles. The summed E-state index contributed by atoms with van der Waals surface area (Å²) < 4.78 is 11.9. The van der Waals surface area contributed by atoms with Gasteiger partial charge in [-0.25, -0.2) is 0 Å². The summed E-state index contributed by atoms with van der Waals surface area (Å²) in [6, 6.07) is 0. The van der Waals surface area contributed by atoms with Crippen LogP contribution in [0.25, 0.3) is 0 Å². The quantitative estimate of drug-likeness (QED) is 0.581. The largest absolute Gasteiger partial charge is 0.404 e. The molecular weight excluding hydrogens is 244 g/mol. The van der Waals surface area contributed by atoms with E-state index in [9.17, 15) is 4.79 Å². The predicted octanol–water partition coefficient (Wildman–Crippen LogP) is 3.31. The molecule has 0 aromatic carbocycles. The van der Waals surface area contributed by atoms with Gasteiger partial charge in [-0.3, -0.25) is 4.79 Å². The van der Waals surface area contributed by atoms with Crippen LogP contribution in [-0.2, 0) is 14.0 Å². The van der Waals surface area contributed by atoms with Crippen LogP contribution < -0.4 is 0 Å². The third-order valence-corrected chi connectivity index (χ3v) is 8.42. The standard InChI is InChI=1S/C14H26O3Si/c1-7-8-12-13(11(15)9-10-16-12)17-18(5,6)14(2,3)4/h7,12-13H,1,8-10H2,2-6H3/t12-,13-/m0/s1. The molecule has 0 aliphatic carbocycles. The van der Waals surface area contributed by atoms with Gasteiger partial charge in [0.05, 0.1) is 12.7 Å². The van der Waals surface area contributed by atoms with Crippen LogP contribution in [0.4, 0.5) is 0 Å². The molecular formula is C14H26O3Si. The van der Waals surface area contributed by atoms with Gasteiger partial charge in [0.2, 0.25) is 0 Å². The van der Waals surface area contributed by atoms with E-state index in [1.54, 1.807) is 6.08 Å². The zero-order chi connectivity index (χ0) is 14.0. The van der Waals surface area contributed by atoms with Gasteiger partial charge < -0.3 is 9.16 Å². The highest BCUT2D eigenvalue weighted by atomic mass is 28.4. The van der Waals surface area contributed by atoms with Crippen molar-refractivity contribution < 1.29 is 14.0 Å². The fraction of sp³-hybridized carbons (Fsp3) is 0.786. The van der Waals surface area contributed by atoms with E-state index in [0.29, 0.717) is 19.4 Å². The van der Waals surface area contributed by atoms with Crippen LogP contribution in [0, 0.1) is 0 Å². The van der Waals surface area contributed by atoms with Crippen LogP contribution in [-0.4, -0.2) is 32.9 Å². The van der Waals surface area contributed by atoms with Crippen LogP contribution >= 0.6 is 0 Å². The molecule has 0 aromatic heterocycles. The Morgan fingerprint density at radius 1 is 1.50 bits per heavy atom. The molecule has 0 spiro atoms. The lowest BCUT2D eigenvalue weighted by molar-refractivity contribution is -0.144. The summed E-state index contributed by atoms with van der Waals surface area (Å²) in [5.41, 5.74) is 0. The first-order valence-corrected chi connectivity index (χ1v) is 9.53.